The number of carboxylic acids is 1. The van der Waals surface area contributed by atoms with Crippen LogP contribution in [0.1, 0.15) is 25.7 Å². The molecule has 0 aliphatic rings. The lowest BCUT2D eigenvalue weighted by Crippen LogP contribution is -2.29. The molecule has 7 heteroatoms. The van der Waals surface area contributed by atoms with Gasteiger partial charge in [-0.25, -0.2) is 13.6 Å². The zero-order chi connectivity index (χ0) is 15.0. The van der Waals surface area contributed by atoms with Crippen molar-refractivity contribution in [3.63, 3.8) is 0 Å². The van der Waals surface area contributed by atoms with E-state index in [1.165, 1.54) is 0 Å². The zero-order valence-electron chi connectivity index (χ0n) is 10.8. The molecule has 0 aromatic heterocycles. The van der Waals surface area contributed by atoms with Crippen LogP contribution in [0.2, 0.25) is 0 Å². The van der Waals surface area contributed by atoms with Gasteiger partial charge in [-0.15, -0.1) is 0 Å². The molecule has 3 N–H and O–H groups in total. The van der Waals surface area contributed by atoms with Gasteiger partial charge in [-0.3, -0.25) is 4.79 Å². The molecule has 1 aromatic carbocycles. The van der Waals surface area contributed by atoms with E-state index in [1.807, 2.05) is 0 Å². The minimum Gasteiger partial charge on any atom is -0.481 e. The number of carbonyl (C=O) groups excluding carboxylic acids is 1. The molecule has 0 bridgehead atoms. The van der Waals surface area contributed by atoms with E-state index >= 15 is 0 Å². The van der Waals surface area contributed by atoms with Gasteiger partial charge in [0.25, 0.3) is 0 Å². The number of nitrogens with one attached hydrogen (secondary N) is 2. The third-order valence-electron chi connectivity index (χ3n) is 2.47. The van der Waals surface area contributed by atoms with Crippen LogP contribution in [0.4, 0.5) is 19.3 Å². The van der Waals surface area contributed by atoms with E-state index in [4.69, 9.17) is 5.11 Å². The second kappa shape index (κ2) is 8.08. The van der Waals surface area contributed by atoms with Gasteiger partial charge in [0.2, 0.25) is 0 Å². The third-order valence-corrected chi connectivity index (χ3v) is 2.47. The Kier molecular flexibility index (Phi) is 6.42. The monoisotopic (exact) mass is 286 g/mol. The van der Waals surface area contributed by atoms with E-state index in [0.717, 1.165) is 12.1 Å². The van der Waals surface area contributed by atoms with Crippen molar-refractivity contribution in [1.82, 2.24) is 5.32 Å². The van der Waals surface area contributed by atoms with Gasteiger partial charge in [-0.1, -0.05) is 6.42 Å². The van der Waals surface area contributed by atoms with Crippen molar-refractivity contribution in [3.05, 3.63) is 29.8 Å². The normalized spacial score (nSPS) is 10.1. The maximum absolute atomic E-state index is 12.9. The van der Waals surface area contributed by atoms with Crippen molar-refractivity contribution in [1.29, 1.82) is 0 Å². The van der Waals surface area contributed by atoms with E-state index in [0.29, 0.717) is 31.9 Å². The number of carboxylic acid groups (broad SMARTS) is 1. The maximum atomic E-state index is 12.9. The Morgan fingerprint density at radius 2 is 1.70 bits per heavy atom. The number of hydrogen-bond donors (Lipinski definition) is 3. The molecular weight excluding hydrogens is 270 g/mol. The van der Waals surface area contributed by atoms with Crippen molar-refractivity contribution in [3.8, 4) is 0 Å². The number of amides is 2. The first kappa shape index (κ1) is 15.9. The number of hydrogen-bond acceptors (Lipinski definition) is 2. The van der Waals surface area contributed by atoms with Gasteiger partial charge in [0.1, 0.15) is 11.6 Å². The fraction of sp³-hybridized carbons (Fsp3) is 0.385. The molecular formula is C13H16F2N2O3. The molecule has 0 aliphatic carbocycles. The van der Waals surface area contributed by atoms with Crippen molar-refractivity contribution >= 4 is 17.7 Å². The number of carbonyl (C=O) groups is 2. The molecule has 1 rings (SSSR count). The summed E-state index contributed by atoms with van der Waals surface area (Å²) in [5.41, 5.74) is 0.0332. The molecule has 0 heterocycles. The van der Waals surface area contributed by atoms with Gasteiger partial charge in [0.05, 0.1) is 0 Å². The molecule has 2 amide bonds. The number of aliphatic carboxylic acids is 1. The molecule has 0 unspecified atom stereocenters. The predicted molar refractivity (Wildman–Crippen MR) is 69.5 cm³/mol. The largest absolute Gasteiger partial charge is 0.481 e. The van der Waals surface area contributed by atoms with E-state index in [-0.39, 0.29) is 12.1 Å². The lowest BCUT2D eigenvalue weighted by atomic mass is 10.2. The Morgan fingerprint density at radius 1 is 1.05 bits per heavy atom. The summed E-state index contributed by atoms with van der Waals surface area (Å²) >= 11 is 0. The summed E-state index contributed by atoms with van der Waals surface area (Å²) in [5, 5.41) is 13.3. The van der Waals surface area contributed by atoms with E-state index < -0.39 is 23.6 Å². The highest BCUT2D eigenvalue weighted by molar-refractivity contribution is 5.89. The Morgan fingerprint density at radius 3 is 2.30 bits per heavy atom. The highest BCUT2D eigenvalue weighted by atomic mass is 19.1. The molecule has 5 nitrogen and oxygen atoms in total. The van der Waals surface area contributed by atoms with Gasteiger partial charge in [0.15, 0.2) is 0 Å². The minimum atomic E-state index is -0.844. The molecule has 0 atom stereocenters. The Labute approximate surface area is 115 Å². The smallest absolute Gasteiger partial charge is 0.319 e. The Bertz CT molecular complexity index is 460. The summed E-state index contributed by atoms with van der Waals surface area (Å²) in [6, 6.07) is 2.17. The molecule has 20 heavy (non-hydrogen) atoms. The lowest BCUT2D eigenvalue weighted by Gasteiger charge is -2.07. The quantitative estimate of drug-likeness (QED) is 0.674. The number of benzene rings is 1. The van der Waals surface area contributed by atoms with Crippen molar-refractivity contribution < 1.29 is 23.5 Å². The van der Waals surface area contributed by atoms with Crippen LogP contribution in [0.15, 0.2) is 18.2 Å². The van der Waals surface area contributed by atoms with Crippen molar-refractivity contribution in [2.45, 2.75) is 25.7 Å². The van der Waals surface area contributed by atoms with Crippen LogP contribution in [-0.4, -0.2) is 23.7 Å². The third kappa shape index (κ3) is 6.67. The van der Waals surface area contributed by atoms with Gasteiger partial charge < -0.3 is 15.7 Å². The number of halogens is 2. The summed E-state index contributed by atoms with van der Waals surface area (Å²) in [6.45, 7) is 0.364. The molecule has 0 radical (unpaired) electrons. The van der Waals surface area contributed by atoms with E-state index in [1.54, 1.807) is 0 Å². The van der Waals surface area contributed by atoms with Gasteiger partial charge >= 0.3 is 12.0 Å². The molecule has 1 aromatic rings. The first-order chi connectivity index (χ1) is 9.47. The van der Waals surface area contributed by atoms with Crippen LogP contribution in [0.3, 0.4) is 0 Å². The van der Waals surface area contributed by atoms with E-state index in [9.17, 15) is 18.4 Å². The van der Waals surface area contributed by atoms with Crippen molar-refractivity contribution in [2.75, 3.05) is 11.9 Å². The number of rotatable bonds is 7. The first-order valence-corrected chi connectivity index (χ1v) is 6.20. The fourth-order valence-electron chi connectivity index (χ4n) is 1.58. The molecule has 110 valence electrons. The predicted octanol–water partition coefficient (Wildman–Crippen LogP) is 2.73. The number of urea groups is 1. The summed E-state index contributed by atoms with van der Waals surface area (Å²) in [7, 11) is 0. The van der Waals surface area contributed by atoms with Crippen molar-refractivity contribution in [2.24, 2.45) is 0 Å². The van der Waals surface area contributed by atoms with Crippen LogP contribution in [0.25, 0.3) is 0 Å². The molecule has 0 aliphatic heterocycles. The fourth-order valence-corrected chi connectivity index (χ4v) is 1.58. The number of anilines is 1. The van der Waals surface area contributed by atoms with Gasteiger partial charge in [-0.05, 0) is 25.0 Å². The van der Waals surface area contributed by atoms with Crippen LogP contribution >= 0.6 is 0 Å². The second-order valence-electron chi connectivity index (χ2n) is 4.24. The average Bonchev–Trinajstić information content (AvgIpc) is 2.31. The summed E-state index contributed by atoms with van der Waals surface area (Å²) in [4.78, 5) is 21.7. The standard InChI is InChI=1S/C13H16F2N2O3/c14-9-6-10(15)8-11(7-9)17-13(20)16-5-3-1-2-4-12(18)19/h6-8H,1-5H2,(H,18,19)(H2,16,17,20). The second-order valence-corrected chi connectivity index (χ2v) is 4.24. The summed E-state index contributed by atoms with van der Waals surface area (Å²) in [5.74, 6) is -2.38. The zero-order valence-corrected chi connectivity index (χ0v) is 10.8. The van der Waals surface area contributed by atoms with Gasteiger partial charge in [0, 0.05) is 24.7 Å². The Balaban J connectivity index is 2.21. The molecule has 0 spiro atoms. The number of unbranched alkanes of at least 4 members (excludes halogenated alkanes) is 2. The SMILES string of the molecule is O=C(O)CCCCCNC(=O)Nc1cc(F)cc(F)c1. The molecule has 0 saturated heterocycles. The van der Waals surface area contributed by atoms with Crippen LogP contribution in [0.5, 0.6) is 0 Å². The van der Waals surface area contributed by atoms with Gasteiger partial charge in [-0.2, -0.15) is 0 Å². The summed E-state index contributed by atoms with van der Waals surface area (Å²) in [6.07, 6.45) is 1.97. The van der Waals surface area contributed by atoms with Crippen LogP contribution in [-0.2, 0) is 4.79 Å². The highest BCUT2D eigenvalue weighted by Gasteiger charge is 2.04. The summed E-state index contributed by atoms with van der Waals surface area (Å²) < 4.78 is 25.8. The lowest BCUT2D eigenvalue weighted by molar-refractivity contribution is -0.137. The van der Waals surface area contributed by atoms with Crippen LogP contribution in [0, 0.1) is 11.6 Å². The first-order valence-electron chi connectivity index (χ1n) is 6.20. The van der Waals surface area contributed by atoms with E-state index in [2.05, 4.69) is 10.6 Å². The Hall–Kier alpha value is -2.18. The van der Waals surface area contributed by atoms with Crippen LogP contribution < -0.4 is 10.6 Å². The highest BCUT2D eigenvalue weighted by Crippen LogP contribution is 2.12. The maximum Gasteiger partial charge on any atom is 0.319 e. The topological polar surface area (TPSA) is 78.4 Å². The molecule has 0 fully saturated rings. The molecule has 0 saturated carbocycles. The minimum absolute atomic E-state index is 0.0332. The average molecular weight is 286 g/mol.